The van der Waals surface area contributed by atoms with Gasteiger partial charge in [-0.3, -0.25) is 0 Å². The lowest BCUT2D eigenvalue weighted by molar-refractivity contribution is 1.07. The summed E-state index contributed by atoms with van der Waals surface area (Å²) in [6.07, 6.45) is 0. The van der Waals surface area contributed by atoms with Crippen molar-refractivity contribution < 1.29 is 0 Å². The Bertz CT molecular complexity index is 2880. The van der Waals surface area contributed by atoms with E-state index in [4.69, 9.17) is 15.0 Å². The van der Waals surface area contributed by atoms with Gasteiger partial charge in [0.15, 0.2) is 17.5 Å². The summed E-state index contributed by atoms with van der Waals surface area (Å²) in [7, 11) is 0. The molecule has 0 unspecified atom stereocenters. The van der Waals surface area contributed by atoms with Crippen LogP contribution < -0.4 is 0 Å². The van der Waals surface area contributed by atoms with Gasteiger partial charge in [0, 0.05) is 16.7 Å². The van der Waals surface area contributed by atoms with Gasteiger partial charge in [-0.25, -0.2) is 15.0 Å². The zero-order valence-electron chi connectivity index (χ0n) is 29.4. The van der Waals surface area contributed by atoms with E-state index in [2.05, 4.69) is 194 Å². The van der Waals surface area contributed by atoms with Crippen molar-refractivity contribution in [2.75, 3.05) is 0 Å². The summed E-state index contributed by atoms with van der Waals surface area (Å²) in [6, 6.07) is 70.5. The Morgan fingerprint density at radius 1 is 0.185 bits per heavy atom. The van der Waals surface area contributed by atoms with Crippen LogP contribution in [0.15, 0.2) is 200 Å². The number of fused-ring (bicyclic) bond motifs is 6. The molecule has 0 radical (unpaired) electrons. The fourth-order valence-corrected chi connectivity index (χ4v) is 7.63. The van der Waals surface area contributed by atoms with Crippen LogP contribution >= 0.6 is 0 Å². The minimum atomic E-state index is 0.624. The number of aromatic nitrogens is 3. The molecule has 0 fully saturated rings. The van der Waals surface area contributed by atoms with Crippen molar-refractivity contribution in [2.24, 2.45) is 0 Å². The summed E-state index contributed by atoms with van der Waals surface area (Å²) in [4.78, 5) is 15.7. The molecule has 0 N–H and O–H groups in total. The van der Waals surface area contributed by atoms with Crippen molar-refractivity contribution in [3.05, 3.63) is 200 Å². The molecule has 10 aromatic rings. The Morgan fingerprint density at radius 2 is 0.519 bits per heavy atom. The van der Waals surface area contributed by atoms with Crippen molar-refractivity contribution in [2.45, 2.75) is 0 Å². The molecule has 0 atom stereocenters. The minimum absolute atomic E-state index is 0.624. The van der Waals surface area contributed by atoms with Crippen molar-refractivity contribution in [1.82, 2.24) is 15.0 Å². The molecule has 0 spiro atoms. The zero-order valence-corrected chi connectivity index (χ0v) is 29.4. The average molecular weight is 688 g/mol. The van der Waals surface area contributed by atoms with Crippen LogP contribution in [-0.2, 0) is 0 Å². The monoisotopic (exact) mass is 687 g/mol. The Kier molecular flexibility index (Phi) is 7.81. The Hall–Kier alpha value is -7.23. The number of hydrogen-bond donors (Lipinski definition) is 0. The van der Waals surface area contributed by atoms with Gasteiger partial charge in [0.1, 0.15) is 0 Å². The largest absolute Gasteiger partial charge is 0.208 e. The third-order valence-corrected chi connectivity index (χ3v) is 10.3. The normalized spacial score (nSPS) is 11.3. The molecule has 1 heterocycles. The van der Waals surface area contributed by atoms with Crippen LogP contribution in [0.5, 0.6) is 0 Å². The summed E-state index contributed by atoms with van der Waals surface area (Å²) in [5, 5.41) is 7.32. The number of hydrogen-bond acceptors (Lipinski definition) is 3. The van der Waals surface area contributed by atoms with Gasteiger partial charge in [-0.2, -0.15) is 0 Å². The predicted octanol–water partition coefficient (Wildman–Crippen LogP) is 13.3. The van der Waals surface area contributed by atoms with Gasteiger partial charge in [-0.15, -0.1) is 0 Å². The first-order valence-corrected chi connectivity index (χ1v) is 18.3. The van der Waals surface area contributed by atoms with Crippen LogP contribution in [0.2, 0.25) is 0 Å². The van der Waals surface area contributed by atoms with Crippen LogP contribution in [-0.4, -0.2) is 15.0 Å². The van der Waals surface area contributed by atoms with E-state index in [9.17, 15) is 0 Å². The highest BCUT2D eigenvalue weighted by Gasteiger charge is 2.17. The lowest BCUT2D eigenvalue weighted by Gasteiger charge is -2.14. The summed E-state index contributed by atoms with van der Waals surface area (Å²) in [5.74, 6) is 1.88. The maximum Gasteiger partial charge on any atom is 0.164 e. The third-order valence-electron chi connectivity index (χ3n) is 10.3. The van der Waals surface area contributed by atoms with E-state index in [1.165, 1.54) is 32.3 Å². The molecular formula is C51H33N3. The van der Waals surface area contributed by atoms with E-state index in [0.29, 0.717) is 17.5 Å². The van der Waals surface area contributed by atoms with Crippen molar-refractivity contribution in [3.63, 3.8) is 0 Å². The van der Waals surface area contributed by atoms with Crippen molar-refractivity contribution in [1.29, 1.82) is 0 Å². The van der Waals surface area contributed by atoms with Crippen LogP contribution in [0.1, 0.15) is 0 Å². The van der Waals surface area contributed by atoms with Gasteiger partial charge in [0.25, 0.3) is 0 Å². The Morgan fingerprint density at radius 3 is 1.04 bits per heavy atom. The van der Waals surface area contributed by atoms with Crippen molar-refractivity contribution in [3.8, 4) is 67.5 Å². The standard InChI is InChI=1S/C51H33N3/c1-4-15-34(16-5-1)37-21-14-22-38(29-37)49-52-50(39-27-28-47-45-25-11-10-23-43(45)44-24-12-13-26-46(44)48(47)33-39)54-51(53-49)42-31-40(35-17-6-2-7-18-35)30-41(32-42)36-19-8-3-9-20-36/h1-33H. The molecular weight excluding hydrogens is 655 g/mol. The van der Waals surface area contributed by atoms with Crippen LogP contribution in [0.3, 0.4) is 0 Å². The van der Waals surface area contributed by atoms with Crippen LogP contribution in [0, 0.1) is 0 Å². The summed E-state index contributed by atoms with van der Waals surface area (Å²) in [5.41, 5.74) is 9.53. The maximum absolute atomic E-state index is 5.28. The molecule has 54 heavy (non-hydrogen) atoms. The smallest absolute Gasteiger partial charge is 0.164 e. The number of benzene rings is 9. The molecule has 252 valence electrons. The quantitative estimate of drug-likeness (QED) is 0.163. The minimum Gasteiger partial charge on any atom is -0.208 e. The van der Waals surface area contributed by atoms with E-state index in [-0.39, 0.29) is 0 Å². The van der Waals surface area contributed by atoms with E-state index < -0.39 is 0 Å². The second kappa shape index (κ2) is 13.4. The highest BCUT2D eigenvalue weighted by Crippen LogP contribution is 2.38. The summed E-state index contributed by atoms with van der Waals surface area (Å²) >= 11 is 0. The second-order valence-corrected chi connectivity index (χ2v) is 13.6. The molecule has 0 aliphatic rings. The SMILES string of the molecule is c1ccc(-c2cccc(-c3nc(-c4cc(-c5ccccc5)cc(-c5ccccc5)c4)nc(-c4ccc5c6ccccc6c6ccccc6c5c4)n3)c2)cc1. The fourth-order valence-electron chi connectivity index (χ4n) is 7.63. The first kappa shape index (κ1) is 31.5. The van der Waals surface area contributed by atoms with E-state index in [1.54, 1.807) is 0 Å². The van der Waals surface area contributed by atoms with E-state index in [1.807, 2.05) is 6.07 Å². The predicted molar refractivity (Wildman–Crippen MR) is 225 cm³/mol. The average Bonchev–Trinajstić information content (AvgIpc) is 3.27. The third kappa shape index (κ3) is 5.78. The maximum atomic E-state index is 5.28. The topological polar surface area (TPSA) is 38.7 Å². The Balaban J connectivity index is 1.22. The van der Waals surface area contributed by atoms with Gasteiger partial charge in [0.2, 0.25) is 0 Å². The summed E-state index contributed by atoms with van der Waals surface area (Å²) in [6.45, 7) is 0. The molecule has 0 bridgehead atoms. The lowest BCUT2D eigenvalue weighted by Crippen LogP contribution is -2.01. The summed E-state index contributed by atoms with van der Waals surface area (Å²) < 4.78 is 0. The van der Waals surface area contributed by atoms with Gasteiger partial charge >= 0.3 is 0 Å². The molecule has 0 aliphatic heterocycles. The number of rotatable bonds is 6. The van der Waals surface area contributed by atoms with Gasteiger partial charge < -0.3 is 0 Å². The van der Waals surface area contributed by atoms with Crippen molar-refractivity contribution >= 4 is 32.3 Å². The van der Waals surface area contributed by atoms with Crippen LogP contribution in [0.4, 0.5) is 0 Å². The highest BCUT2D eigenvalue weighted by atomic mass is 15.0. The zero-order chi connectivity index (χ0) is 35.8. The lowest BCUT2D eigenvalue weighted by atomic mass is 9.93. The van der Waals surface area contributed by atoms with Gasteiger partial charge in [-0.1, -0.05) is 170 Å². The first-order chi connectivity index (χ1) is 26.7. The molecule has 9 aromatic carbocycles. The van der Waals surface area contributed by atoms with Gasteiger partial charge in [0.05, 0.1) is 0 Å². The molecule has 0 aliphatic carbocycles. The molecule has 3 nitrogen and oxygen atoms in total. The molecule has 1 aromatic heterocycles. The van der Waals surface area contributed by atoms with E-state index in [0.717, 1.165) is 50.1 Å². The highest BCUT2D eigenvalue weighted by molar-refractivity contribution is 6.25. The fraction of sp³-hybridized carbons (Fsp3) is 0. The van der Waals surface area contributed by atoms with Crippen LogP contribution in [0.25, 0.3) is 99.9 Å². The molecule has 10 rings (SSSR count). The first-order valence-electron chi connectivity index (χ1n) is 18.3. The molecule has 0 saturated heterocycles. The molecule has 0 saturated carbocycles. The van der Waals surface area contributed by atoms with Gasteiger partial charge in [-0.05, 0) is 96.0 Å². The van der Waals surface area contributed by atoms with E-state index >= 15 is 0 Å². The number of nitrogens with zero attached hydrogens (tertiary/aromatic N) is 3. The second-order valence-electron chi connectivity index (χ2n) is 13.6. The molecule has 3 heteroatoms. The Labute approximate surface area is 313 Å². The molecule has 0 amide bonds.